The Bertz CT molecular complexity index is 755. The average molecular weight is 353 g/mol. The van der Waals surface area contributed by atoms with E-state index in [1.54, 1.807) is 12.1 Å². The molecule has 1 N–H and O–H groups in total. The fourth-order valence-electron chi connectivity index (χ4n) is 2.66. The molecule has 0 spiro atoms. The van der Waals surface area contributed by atoms with E-state index in [1.165, 1.54) is 7.11 Å². The Kier molecular flexibility index (Phi) is 6.19. The SMILES string of the molecule is COC(=O)[C@H](Cc1ccc(C)cc1)NC(=O)c1ccc(C(C)(C)C)cc1. The zero-order valence-electron chi connectivity index (χ0n) is 16.1. The van der Waals surface area contributed by atoms with Gasteiger partial charge in [-0.05, 0) is 35.6 Å². The summed E-state index contributed by atoms with van der Waals surface area (Å²) < 4.78 is 4.86. The van der Waals surface area contributed by atoms with Crippen molar-refractivity contribution in [2.75, 3.05) is 7.11 Å². The number of rotatable bonds is 5. The molecule has 4 heteroatoms. The molecule has 138 valence electrons. The summed E-state index contributed by atoms with van der Waals surface area (Å²) in [6.07, 6.45) is 0.388. The molecule has 1 atom stereocenters. The molecule has 0 unspecified atom stereocenters. The van der Waals surface area contributed by atoms with Crippen LogP contribution in [0.4, 0.5) is 0 Å². The number of aryl methyl sites for hydroxylation is 1. The van der Waals surface area contributed by atoms with Gasteiger partial charge in [0.2, 0.25) is 0 Å². The summed E-state index contributed by atoms with van der Waals surface area (Å²) in [5.41, 5.74) is 3.81. The van der Waals surface area contributed by atoms with Crippen LogP contribution in [-0.2, 0) is 21.4 Å². The topological polar surface area (TPSA) is 55.4 Å². The number of hydrogen-bond acceptors (Lipinski definition) is 3. The summed E-state index contributed by atoms with van der Waals surface area (Å²) in [7, 11) is 1.33. The highest BCUT2D eigenvalue weighted by Gasteiger charge is 2.23. The number of amides is 1. The fourth-order valence-corrected chi connectivity index (χ4v) is 2.66. The quantitative estimate of drug-likeness (QED) is 0.832. The second-order valence-electron chi connectivity index (χ2n) is 7.57. The lowest BCUT2D eigenvalue weighted by atomic mass is 9.86. The van der Waals surface area contributed by atoms with Crippen molar-refractivity contribution in [3.8, 4) is 0 Å². The van der Waals surface area contributed by atoms with Gasteiger partial charge in [-0.2, -0.15) is 0 Å². The number of benzene rings is 2. The first-order valence-electron chi connectivity index (χ1n) is 8.75. The number of hydrogen-bond donors (Lipinski definition) is 1. The largest absolute Gasteiger partial charge is 0.467 e. The van der Waals surface area contributed by atoms with Crippen LogP contribution in [0.1, 0.15) is 47.8 Å². The Balaban J connectivity index is 2.13. The van der Waals surface area contributed by atoms with Crippen LogP contribution in [-0.4, -0.2) is 25.0 Å². The smallest absolute Gasteiger partial charge is 0.328 e. The molecule has 0 aliphatic carbocycles. The van der Waals surface area contributed by atoms with Crippen molar-refractivity contribution in [3.05, 3.63) is 70.8 Å². The van der Waals surface area contributed by atoms with Gasteiger partial charge in [-0.1, -0.05) is 62.7 Å². The van der Waals surface area contributed by atoms with E-state index in [0.29, 0.717) is 12.0 Å². The van der Waals surface area contributed by atoms with Crippen LogP contribution in [0.3, 0.4) is 0 Å². The molecular weight excluding hydrogens is 326 g/mol. The average Bonchev–Trinajstić information content (AvgIpc) is 2.61. The molecule has 0 fully saturated rings. The van der Waals surface area contributed by atoms with E-state index >= 15 is 0 Å². The molecule has 0 radical (unpaired) electrons. The van der Waals surface area contributed by atoms with E-state index in [9.17, 15) is 9.59 Å². The summed E-state index contributed by atoms with van der Waals surface area (Å²) in [5, 5.41) is 2.79. The molecule has 2 aromatic carbocycles. The monoisotopic (exact) mass is 353 g/mol. The molecule has 0 saturated carbocycles. The molecule has 0 bridgehead atoms. The van der Waals surface area contributed by atoms with E-state index in [2.05, 4.69) is 26.1 Å². The van der Waals surface area contributed by atoms with E-state index in [1.807, 2.05) is 43.3 Å². The second kappa shape index (κ2) is 8.17. The van der Waals surface area contributed by atoms with E-state index in [0.717, 1.165) is 16.7 Å². The standard InChI is InChI=1S/C22H27NO3/c1-15-6-8-16(9-7-15)14-19(21(25)26-5)23-20(24)17-10-12-18(13-11-17)22(2,3)4/h6-13,19H,14H2,1-5H3,(H,23,24)/t19-/m0/s1. The van der Waals surface area contributed by atoms with Crippen molar-refractivity contribution in [2.45, 2.75) is 45.6 Å². The molecule has 0 heterocycles. The number of carbonyl (C=O) groups is 2. The minimum atomic E-state index is -0.725. The maximum absolute atomic E-state index is 12.6. The zero-order chi connectivity index (χ0) is 19.3. The van der Waals surface area contributed by atoms with Crippen LogP contribution >= 0.6 is 0 Å². The lowest BCUT2D eigenvalue weighted by Crippen LogP contribution is -2.43. The maximum atomic E-state index is 12.6. The first kappa shape index (κ1) is 19.7. The molecule has 0 aliphatic rings. The van der Waals surface area contributed by atoms with Gasteiger partial charge in [0.15, 0.2) is 0 Å². The molecule has 2 rings (SSSR count). The molecule has 1 amide bonds. The predicted molar refractivity (Wildman–Crippen MR) is 103 cm³/mol. The lowest BCUT2D eigenvalue weighted by molar-refractivity contribution is -0.142. The van der Waals surface area contributed by atoms with Crippen molar-refractivity contribution in [2.24, 2.45) is 0 Å². The van der Waals surface area contributed by atoms with Crippen molar-refractivity contribution in [1.29, 1.82) is 0 Å². The minimum Gasteiger partial charge on any atom is -0.467 e. The predicted octanol–water partition coefficient (Wildman–Crippen LogP) is 3.81. The van der Waals surface area contributed by atoms with E-state index in [-0.39, 0.29) is 11.3 Å². The van der Waals surface area contributed by atoms with Crippen molar-refractivity contribution in [3.63, 3.8) is 0 Å². The first-order valence-corrected chi connectivity index (χ1v) is 8.75. The van der Waals surface area contributed by atoms with Crippen LogP contribution in [0, 0.1) is 6.92 Å². The number of carbonyl (C=O) groups excluding carboxylic acids is 2. The lowest BCUT2D eigenvalue weighted by Gasteiger charge is -2.20. The Morgan fingerprint density at radius 2 is 1.58 bits per heavy atom. The Labute approximate surface area is 155 Å². The van der Waals surface area contributed by atoms with Crippen molar-refractivity contribution in [1.82, 2.24) is 5.32 Å². The van der Waals surface area contributed by atoms with Gasteiger partial charge in [0, 0.05) is 12.0 Å². The minimum absolute atomic E-state index is 0.0228. The molecule has 26 heavy (non-hydrogen) atoms. The normalized spacial score (nSPS) is 12.3. The molecular formula is C22H27NO3. The first-order chi connectivity index (χ1) is 12.2. The molecule has 4 nitrogen and oxygen atoms in total. The van der Waals surface area contributed by atoms with Gasteiger partial charge < -0.3 is 10.1 Å². The third-order valence-corrected chi connectivity index (χ3v) is 4.36. The van der Waals surface area contributed by atoms with E-state index < -0.39 is 12.0 Å². The number of esters is 1. The summed E-state index contributed by atoms with van der Waals surface area (Å²) in [6.45, 7) is 8.37. The van der Waals surface area contributed by atoms with Crippen LogP contribution in [0.25, 0.3) is 0 Å². The number of methoxy groups -OCH3 is 1. The fraction of sp³-hybridized carbons (Fsp3) is 0.364. The third-order valence-electron chi connectivity index (χ3n) is 4.36. The van der Waals surface area contributed by atoms with Crippen LogP contribution in [0.5, 0.6) is 0 Å². The van der Waals surface area contributed by atoms with Gasteiger partial charge in [-0.15, -0.1) is 0 Å². The van der Waals surface area contributed by atoms with Crippen molar-refractivity contribution >= 4 is 11.9 Å². The third kappa shape index (κ3) is 5.19. The van der Waals surface area contributed by atoms with Gasteiger partial charge in [0.25, 0.3) is 5.91 Å². The maximum Gasteiger partial charge on any atom is 0.328 e. The van der Waals surface area contributed by atoms with Gasteiger partial charge in [0.1, 0.15) is 6.04 Å². The van der Waals surface area contributed by atoms with Crippen LogP contribution in [0.15, 0.2) is 48.5 Å². The molecule has 2 aromatic rings. The zero-order valence-corrected chi connectivity index (χ0v) is 16.1. The van der Waals surface area contributed by atoms with Crippen molar-refractivity contribution < 1.29 is 14.3 Å². The van der Waals surface area contributed by atoms with Gasteiger partial charge in [-0.25, -0.2) is 4.79 Å². The summed E-state index contributed by atoms with van der Waals surface area (Å²) in [5.74, 6) is -0.738. The Morgan fingerprint density at radius 1 is 1.00 bits per heavy atom. The van der Waals surface area contributed by atoms with Crippen LogP contribution < -0.4 is 5.32 Å². The Morgan fingerprint density at radius 3 is 2.08 bits per heavy atom. The molecule has 0 saturated heterocycles. The molecule has 0 aliphatic heterocycles. The highest BCUT2D eigenvalue weighted by atomic mass is 16.5. The Hall–Kier alpha value is -2.62. The van der Waals surface area contributed by atoms with Gasteiger partial charge in [0.05, 0.1) is 7.11 Å². The summed E-state index contributed by atoms with van der Waals surface area (Å²) >= 11 is 0. The highest BCUT2D eigenvalue weighted by Crippen LogP contribution is 2.22. The van der Waals surface area contributed by atoms with Gasteiger partial charge in [-0.3, -0.25) is 4.79 Å². The number of ether oxygens (including phenoxy) is 1. The molecule has 0 aromatic heterocycles. The van der Waals surface area contributed by atoms with Gasteiger partial charge >= 0.3 is 5.97 Å². The van der Waals surface area contributed by atoms with E-state index in [4.69, 9.17) is 4.74 Å². The second-order valence-corrected chi connectivity index (χ2v) is 7.57. The van der Waals surface area contributed by atoms with Crippen LogP contribution in [0.2, 0.25) is 0 Å². The number of nitrogens with one attached hydrogen (secondary N) is 1. The highest BCUT2D eigenvalue weighted by molar-refractivity contribution is 5.96. The summed E-state index contributed by atoms with van der Waals surface area (Å²) in [4.78, 5) is 24.7. The summed E-state index contributed by atoms with van der Waals surface area (Å²) in [6, 6.07) is 14.6.